The molecule has 0 aromatic heterocycles. The number of anilines is 1. The highest BCUT2D eigenvalue weighted by atomic mass is 35.5. The molecule has 1 saturated heterocycles. The molecule has 0 saturated carbocycles. The van der Waals surface area contributed by atoms with Crippen LogP contribution in [0.4, 0.5) is 10.1 Å². The smallest absolute Gasteiger partial charge is 0.256 e. The lowest BCUT2D eigenvalue weighted by molar-refractivity contribution is -0.534. The van der Waals surface area contributed by atoms with Crippen molar-refractivity contribution >= 4 is 34.8 Å². The molecule has 1 amide bonds. The van der Waals surface area contributed by atoms with E-state index >= 15 is 0 Å². The van der Waals surface area contributed by atoms with Crippen molar-refractivity contribution in [1.82, 2.24) is 4.90 Å². The maximum absolute atomic E-state index is 13.5. The van der Waals surface area contributed by atoms with Crippen LogP contribution in [0.25, 0.3) is 0 Å². The van der Waals surface area contributed by atoms with Gasteiger partial charge in [0.25, 0.3) is 11.9 Å². The number of ether oxygens (including phenoxy) is 1. The van der Waals surface area contributed by atoms with Crippen LogP contribution in [0.15, 0.2) is 60.7 Å². The molecule has 1 N–H and O–H groups in total. The first kappa shape index (κ1) is 23.5. The fraction of sp³-hybridized carbons (Fsp3) is 0.240. The summed E-state index contributed by atoms with van der Waals surface area (Å²) in [6, 6.07) is 14.9. The van der Waals surface area contributed by atoms with E-state index in [0.717, 1.165) is 0 Å². The van der Waals surface area contributed by atoms with Crippen LogP contribution in [0.3, 0.4) is 0 Å². The molecule has 0 unspecified atom stereocenters. The molecule has 0 bridgehead atoms. The summed E-state index contributed by atoms with van der Waals surface area (Å²) in [4.78, 5) is 27.0. The molecule has 35 heavy (non-hydrogen) atoms. The Kier molecular flexibility index (Phi) is 5.91. The molecule has 1 fully saturated rings. The standard InChI is InChI=1S/C25H20Cl2FN3O4/c1-30-12-17(23(31(33)34)25(30)18-7-2-3-8-21(18)29-24(25)32)15-10-19(26)22(20(27)11-15)35-13-14-5-4-6-16(28)9-14/h2-11,17,23H,12-13H2,1H3,(H,29,32)/t17-,23+,25-/m1/s1. The van der Waals surface area contributed by atoms with Gasteiger partial charge < -0.3 is 10.1 Å². The lowest BCUT2D eigenvalue weighted by atomic mass is 9.79. The summed E-state index contributed by atoms with van der Waals surface area (Å²) in [6.07, 6.45) is 0. The number of likely N-dealkylation sites (N-methyl/N-ethyl adjacent to an activating group) is 1. The number of likely N-dealkylation sites (tertiary alicyclic amines) is 1. The summed E-state index contributed by atoms with van der Waals surface area (Å²) in [5.74, 6) is -1.29. The molecule has 7 nitrogen and oxygen atoms in total. The van der Waals surface area contributed by atoms with Gasteiger partial charge in [-0.05, 0) is 48.5 Å². The van der Waals surface area contributed by atoms with Crippen LogP contribution in [0.5, 0.6) is 5.75 Å². The van der Waals surface area contributed by atoms with Crippen molar-refractivity contribution in [1.29, 1.82) is 0 Å². The number of hydrogen-bond donors (Lipinski definition) is 1. The van der Waals surface area contributed by atoms with Crippen LogP contribution >= 0.6 is 23.2 Å². The van der Waals surface area contributed by atoms with E-state index in [-0.39, 0.29) is 34.8 Å². The minimum Gasteiger partial charge on any atom is -0.486 e. The van der Waals surface area contributed by atoms with E-state index in [1.54, 1.807) is 60.5 Å². The lowest BCUT2D eigenvalue weighted by Crippen LogP contribution is -2.54. The third-order valence-electron chi connectivity index (χ3n) is 6.76. The molecule has 3 atom stereocenters. The van der Waals surface area contributed by atoms with Gasteiger partial charge >= 0.3 is 0 Å². The molecule has 0 aliphatic carbocycles. The zero-order valence-electron chi connectivity index (χ0n) is 18.5. The zero-order valence-corrected chi connectivity index (χ0v) is 20.0. The first-order chi connectivity index (χ1) is 16.7. The minimum absolute atomic E-state index is 0.0420. The number of nitrogens with zero attached hydrogens (tertiary/aromatic N) is 2. The predicted molar refractivity (Wildman–Crippen MR) is 130 cm³/mol. The largest absolute Gasteiger partial charge is 0.486 e. The second-order valence-corrected chi connectivity index (χ2v) is 9.53. The summed E-state index contributed by atoms with van der Waals surface area (Å²) in [6.45, 7) is 0.282. The summed E-state index contributed by atoms with van der Waals surface area (Å²) >= 11 is 13.0. The first-order valence-electron chi connectivity index (χ1n) is 10.9. The lowest BCUT2D eigenvalue weighted by Gasteiger charge is -2.30. The van der Waals surface area contributed by atoms with Crippen LogP contribution < -0.4 is 10.1 Å². The number of nitrogens with one attached hydrogen (secondary N) is 1. The Morgan fingerprint density at radius 1 is 1.17 bits per heavy atom. The molecular formula is C25H20Cl2FN3O4. The van der Waals surface area contributed by atoms with Crippen LogP contribution in [0.1, 0.15) is 22.6 Å². The van der Waals surface area contributed by atoms with E-state index in [4.69, 9.17) is 27.9 Å². The van der Waals surface area contributed by atoms with Crippen molar-refractivity contribution in [3.8, 4) is 5.75 Å². The maximum Gasteiger partial charge on any atom is 0.256 e. The number of fused-ring (bicyclic) bond motifs is 2. The number of hydrogen-bond acceptors (Lipinski definition) is 5. The molecule has 2 aliphatic heterocycles. The van der Waals surface area contributed by atoms with Gasteiger partial charge in [-0.2, -0.15) is 0 Å². The van der Waals surface area contributed by atoms with Crippen LogP contribution in [0, 0.1) is 15.9 Å². The summed E-state index contributed by atoms with van der Waals surface area (Å²) in [5, 5.41) is 15.6. The number of amides is 1. The number of carbonyl (C=O) groups excluding carboxylic acids is 1. The number of nitro groups is 1. The summed E-state index contributed by atoms with van der Waals surface area (Å²) in [7, 11) is 1.71. The Balaban J connectivity index is 1.50. The number of carbonyl (C=O) groups is 1. The van der Waals surface area contributed by atoms with Crippen LogP contribution in [-0.2, 0) is 16.9 Å². The molecule has 2 heterocycles. The minimum atomic E-state index is -1.46. The molecule has 3 aromatic carbocycles. The molecule has 180 valence electrons. The molecule has 0 radical (unpaired) electrons. The Hall–Kier alpha value is -3.20. The molecular weight excluding hydrogens is 496 g/mol. The summed E-state index contributed by atoms with van der Waals surface area (Å²) < 4.78 is 19.2. The van der Waals surface area contributed by atoms with Crippen molar-refractivity contribution in [2.75, 3.05) is 18.9 Å². The maximum atomic E-state index is 13.5. The Morgan fingerprint density at radius 2 is 1.89 bits per heavy atom. The van der Waals surface area contributed by atoms with Gasteiger partial charge in [-0.15, -0.1) is 0 Å². The topological polar surface area (TPSA) is 84.7 Å². The SMILES string of the molecule is CN1C[C@H](c2cc(Cl)c(OCc3cccc(F)c3)c(Cl)c2)[C@H]([N+](=O)[O-])[C@]12C(=O)Nc1ccccc12. The number of rotatable bonds is 5. The van der Waals surface area contributed by atoms with E-state index in [2.05, 4.69) is 5.32 Å². The normalized spacial score (nSPS) is 23.4. The van der Waals surface area contributed by atoms with Gasteiger partial charge in [0.05, 0.1) is 16.0 Å². The van der Waals surface area contributed by atoms with Crippen molar-refractivity contribution in [3.05, 3.63) is 103 Å². The fourth-order valence-electron chi connectivity index (χ4n) is 5.29. The number of halogens is 3. The first-order valence-corrected chi connectivity index (χ1v) is 11.6. The highest BCUT2D eigenvalue weighted by molar-refractivity contribution is 6.37. The van der Waals surface area contributed by atoms with Gasteiger partial charge in [0.15, 0.2) is 11.3 Å². The van der Waals surface area contributed by atoms with Gasteiger partial charge in [-0.1, -0.05) is 53.5 Å². The van der Waals surface area contributed by atoms with Gasteiger partial charge in [-0.25, -0.2) is 4.39 Å². The monoisotopic (exact) mass is 515 g/mol. The van der Waals surface area contributed by atoms with E-state index in [1.165, 1.54) is 12.1 Å². The number of para-hydroxylation sites is 1. The average Bonchev–Trinajstić information content (AvgIpc) is 3.28. The van der Waals surface area contributed by atoms with E-state index in [9.17, 15) is 19.3 Å². The predicted octanol–water partition coefficient (Wildman–Crippen LogP) is 5.23. The zero-order chi connectivity index (χ0) is 24.9. The Bertz CT molecular complexity index is 1330. The Labute approximate surface area is 210 Å². The second-order valence-electron chi connectivity index (χ2n) is 8.72. The molecule has 10 heteroatoms. The van der Waals surface area contributed by atoms with Crippen molar-refractivity contribution in [2.45, 2.75) is 24.1 Å². The highest BCUT2D eigenvalue weighted by Crippen LogP contribution is 2.52. The Morgan fingerprint density at radius 3 is 2.57 bits per heavy atom. The molecule has 1 spiro atoms. The quantitative estimate of drug-likeness (QED) is 0.371. The van der Waals surface area contributed by atoms with Crippen LogP contribution in [0.2, 0.25) is 10.0 Å². The second kappa shape index (κ2) is 8.78. The fourth-order valence-corrected chi connectivity index (χ4v) is 5.91. The van der Waals surface area contributed by atoms with Crippen molar-refractivity contribution in [3.63, 3.8) is 0 Å². The van der Waals surface area contributed by atoms with E-state index in [0.29, 0.717) is 22.4 Å². The van der Waals surface area contributed by atoms with Gasteiger partial charge in [0.2, 0.25) is 0 Å². The van der Waals surface area contributed by atoms with Crippen molar-refractivity contribution < 1.29 is 18.8 Å². The number of benzene rings is 3. The highest BCUT2D eigenvalue weighted by Gasteiger charge is 2.68. The molecule has 2 aliphatic rings. The van der Waals surface area contributed by atoms with Crippen molar-refractivity contribution in [2.24, 2.45) is 0 Å². The molecule has 3 aromatic rings. The van der Waals surface area contributed by atoms with E-state index < -0.39 is 28.3 Å². The van der Waals surface area contributed by atoms with Gasteiger partial charge in [-0.3, -0.25) is 19.8 Å². The third kappa shape index (κ3) is 3.73. The van der Waals surface area contributed by atoms with Crippen LogP contribution in [-0.4, -0.2) is 35.4 Å². The van der Waals surface area contributed by atoms with Gasteiger partial charge in [0.1, 0.15) is 12.4 Å². The van der Waals surface area contributed by atoms with Gasteiger partial charge in [0, 0.05) is 22.7 Å². The molecule has 5 rings (SSSR count). The summed E-state index contributed by atoms with van der Waals surface area (Å²) in [5.41, 5.74) is 0.801. The average molecular weight is 516 g/mol. The van der Waals surface area contributed by atoms with E-state index in [1.807, 2.05) is 0 Å². The third-order valence-corrected chi connectivity index (χ3v) is 7.32.